The monoisotopic (exact) mass is 441 g/mol. The van der Waals surface area contributed by atoms with Gasteiger partial charge in [0.15, 0.2) is 0 Å². The second-order valence-electron chi connectivity index (χ2n) is 11.2. The molecule has 1 saturated heterocycles. The molecule has 0 spiro atoms. The minimum absolute atomic E-state index is 0.0892. The number of ketones is 2. The van der Waals surface area contributed by atoms with Crippen molar-refractivity contribution < 1.29 is 14.4 Å². The van der Waals surface area contributed by atoms with Crippen molar-refractivity contribution in [2.24, 2.45) is 28.6 Å². The summed E-state index contributed by atoms with van der Waals surface area (Å²) in [6.45, 7) is 4.77. The highest BCUT2D eigenvalue weighted by molar-refractivity contribution is 5.96. The molecular formula is C29H31NO3. The Labute approximate surface area is 195 Å². The summed E-state index contributed by atoms with van der Waals surface area (Å²) in [6.07, 6.45) is 6.10. The molecule has 1 amide bonds. The third-order valence-electron chi connectivity index (χ3n) is 9.43. The fourth-order valence-electron chi connectivity index (χ4n) is 7.76. The molecule has 0 N–H and O–H groups in total. The van der Waals surface area contributed by atoms with E-state index in [2.05, 4.69) is 43.3 Å². The number of piperidine rings is 1. The van der Waals surface area contributed by atoms with Gasteiger partial charge in [0.2, 0.25) is 5.91 Å². The highest BCUT2D eigenvalue weighted by Gasteiger charge is 2.62. The highest BCUT2D eigenvalue weighted by Crippen LogP contribution is 2.62. The summed E-state index contributed by atoms with van der Waals surface area (Å²) in [5.74, 6) is 1.07. The van der Waals surface area contributed by atoms with Crippen LogP contribution in [0, 0.1) is 28.6 Å². The number of Topliss-reactive ketones (excluding diaryl/α,β-unsaturated/α-hetero) is 2. The molecule has 3 fully saturated rings. The molecule has 5 atom stereocenters. The van der Waals surface area contributed by atoms with E-state index in [-0.39, 0.29) is 40.6 Å². The zero-order chi connectivity index (χ0) is 23.0. The minimum Gasteiger partial charge on any atom is -0.312 e. The van der Waals surface area contributed by atoms with Crippen LogP contribution in [0.4, 0.5) is 0 Å². The van der Waals surface area contributed by atoms with Gasteiger partial charge in [-0.1, -0.05) is 56.3 Å². The maximum atomic E-state index is 13.6. The minimum atomic E-state index is -0.477. The van der Waals surface area contributed by atoms with Crippen molar-refractivity contribution in [2.45, 2.75) is 58.9 Å². The molecule has 170 valence electrons. The molecule has 2 saturated carbocycles. The first-order valence-electron chi connectivity index (χ1n) is 12.4. The van der Waals surface area contributed by atoms with Gasteiger partial charge >= 0.3 is 0 Å². The number of hydrogen-bond acceptors (Lipinski definition) is 3. The average molecular weight is 442 g/mol. The summed E-state index contributed by atoms with van der Waals surface area (Å²) in [5.41, 5.74) is 1.33. The molecule has 33 heavy (non-hydrogen) atoms. The van der Waals surface area contributed by atoms with E-state index in [4.69, 9.17) is 0 Å². The fraction of sp³-hybridized carbons (Fsp3) is 0.483. The molecule has 3 aliphatic carbocycles. The standard InChI is InChI=1S/C29H31NO3/c1-28-14-13-26(33)30(17-18-7-8-19-5-3-4-6-20(19)15-18)24(28)11-9-21-22-10-12-25(32)29(22,2)16-23(31)27(21)28/h3-8,11,15,21-22,27H,9-10,12-14,16-17H2,1-2H3/t21?,22-,27+,28?,29-/m0/s1. The SMILES string of the molecule is CC12CCC(=O)N(Cc3ccc4ccccc4c3)C1=CCC1[C@@H]2C(=O)C[C@]2(C)C(=O)CC[C@@H]12. The molecule has 4 heteroatoms. The van der Waals surface area contributed by atoms with E-state index >= 15 is 0 Å². The van der Waals surface area contributed by atoms with E-state index < -0.39 is 5.41 Å². The Morgan fingerprint density at radius 3 is 2.58 bits per heavy atom. The Morgan fingerprint density at radius 1 is 0.970 bits per heavy atom. The number of nitrogens with zero attached hydrogens (tertiary/aromatic N) is 1. The molecule has 0 aromatic heterocycles. The summed E-state index contributed by atoms with van der Waals surface area (Å²) in [4.78, 5) is 41.4. The Balaban J connectivity index is 1.37. The van der Waals surface area contributed by atoms with E-state index in [1.807, 2.05) is 24.0 Å². The third kappa shape index (κ3) is 2.92. The molecule has 2 unspecified atom stereocenters. The maximum Gasteiger partial charge on any atom is 0.227 e. The molecule has 0 bridgehead atoms. The van der Waals surface area contributed by atoms with Crippen LogP contribution in [0.15, 0.2) is 54.2 Å². The zero-order valence-electron chi connectivity index (χ0n) is 19.5. The van der Waals surface area contributed by atoms with E-state index in [9.17, 15) is 14.4 Å². The largest absolute Gasteiger partial charge is 0.312 e. The Hall–Kier alpha value is -2.75. The Bertz CT molecular complexity index is 1230. The predicted molar refractivity (Wildman–Crippen MR) is 127 cm³/mol. The normalized spacial score (nSPS) is 35.8. The Morgan fingerprint density at radius 2 is 1.76 bits per heavy atom. The van der Waals surface area contributed by atoms with Crippen molar-refractivity contribution in [3.8, 4) is 0 Å². The fourth-order valence-corrected chi connectivity index (χ4v) is 7.76. The molecule has 2 aromatic rings. The van der Waals surface area contributed by atoms with Gasteiger partial charge in [-0.2, -0.15) is 0 Å². The number of carbonyl (C=O) groups excluding carboxylic acids is 3. The van der Waals surface area contributed by atoms with Crippen molar-refractivity contribution in [3.05, 3.63) is 59.8 Å². The van der Waals surface area contributed by atoms with Gasteiger partial charge in [0.25, 0.3) is 0 Å². The molecular weight excluding hydrogens is 410 g/mol. The molecule has 4 aliphatic rings. The van der Waals surface area contributed by atoms with Gasteiger partial charge < -0.3 is 4.90 Å². The highest BCUT2D eigenvalue weighted by atomic mass is 16.2. The lowest BCUT2D eigenvalue weighted by atomic mass is 9.49. The lowest BCUT2D eigenvalue weighted by Crippen LogP contribution is -2.57. The van der Waals surface area contributed by atoms with E-state index in [0.29, 0.717) is 25.8 Å². The maximum absolute atomic E-state index is 13.6. The number of amides is 1. The summed E-state index contributed by atoms with van der Waals surface area (Å²) in [7, 11) is 0. The second-order valence-corrected chi connectivity index (χ2v) is 11.2. The van der Waals surface area contributed by atoms with Crippen LogP contribution in [0.3, 0.4) is 0 Å². The lowest BCUT2D eigenvalue weighted by molar-refractivity contribution is -0.152. The van der Waals surface area contributed by atoms with Gasteiger partial charge in [0.1, 0.15) is 11.6 Å². The van der Waals surface area contributed by atoms with Gasteiger partial charge in [0.05, 0.1) is 6.54 Å². The lowest BCUT2D eigenvalue weighted by Gasteiger charge is -2.56. The van der Waals surface area contributed by atoms with Crippen LogP contribution in [0.2, 0.25) is 0 Å². The summed E-state index contributed by atoms with van der Waals surface area (Å²) in [5, 5.41) is 2.37. The number of allylic oxidation sites excluding steroid dienone is 2. The molecule has 1 heterocycles. The number of rotatable bonds is 2. The Kier molecular flexibility index (Phi) is 4.50. The number of hydrogen-bond donors (Lipinski definition) is 0. The quantitative estimate of drug-likeness (QED) is 0.623. The smallest absolute Gasteiger partial charge is 0.227 e. The van der Waals surface area contributed by atoms with Crippen molar-refractivity contribution in [1.82, 2.24) is 4.90 Å². The van der Waals surface area contributed by atoms with Gasteiger partial charge in [-0.05, 0) is 53.5 Å². The topological polar surface area (TPSA) is 54.5 Å². The first-order chi connectivity index (χ1) is 15.8. The average Bonchev–Trinajstić information content (AvgIpc) is 3.09. The van der Waals surface area contributed by atoms with Gasteiger partial charge in [-0.3, -0.25) is 14.4 Å². The van der Waals surface area contributed by atoms with Crippen molar-refractivity contribution in [2.75, 3.05) is 0 Å². The molecule has 6 rings (SSSR count). The number of carbonyl (C=O) groups is 3. The van der Waals surface area contributed by atoms with Crippen LogP contribution in [0.5, 0.6) is 0 Å². The van der Waals surface area contributed by atoms with Crippen LogP contribution < -0.4 is 0 Å². The van der Waals surface area contributed by atoms with Crippen molar-refractivity contribution >= 4 is 28.2 Å². The van der Waals surface area contributed by atoms with Crippen LogP contribution in [0.25, 0.3) is 10.8 Å². The molecule has 1 aliphatic heterocycles. The van der Waals surface area contributed by atoms with Crippen LogP contribution in [-0.2, 0) is 20.9 Å². The van der Waals surface area contributed by atoms with Crippen LogP contribution >= 0.6 is 0 Å². The molecule has 4 nitrogen and oxygen atoms in total. The van der Waals surface area contributed by atoms with E-state index in [1.165, 1.54) is 10.8 Å². The first kappa shape index (κ1) is 20.8. The van der Waals surface area contributed by atoms with Gasteiger partial charge in [0, 0.05) is 41.7 Å². The second kappa shape index (κ2) is 7.12. The van der Waals surface area contributed by atoms with Gasteiger partial charge in [-0.15, -0.1) is 0 Å². The summed E-state index contributed by atoms with van der Waals surface area (Å²) < 4.78 is 0. The predicted octanol–water partition coefficient (Wildman–Crippen LogP) is 5.45. The van der Waals surface area contributed by atoms with Gasteiger partial charge in [-0.25, -0.2) is 0 Å². The van der Waals surface area contributed by atoms with Crippen molar-refractivity contribution in [3.63, 3.8) is 0 Å². The third-order valence-corrected chi connectivity index (χ3v) is 9.43. The summed E-state index contributed by atoms with van der Waals surface area (Å²) >= 11 is 0. The van der Waals surface area contributed by atoms with Crippen molar-refractivity contribution in [1.29, 1.82) is 0 Å². The summed E-state index contributed by atoms with van der Waals surface area (Å²) in [6, 6.07) is 14.7. The molecule has 0 radical (unpaired) electrons. The van der Waals surface area contributed by atoms with Crippen LogP contribution in [-0.4, -0.2) is 22.4 Å². The first-order valence-corrected chi connectivity index (χ1v) is 12.4. The van der Waals surface area contributed by atoms with E-state index in [1.54, 1.807) is 0 Å². The number of benzene rings is 2. The van der Waals surface area contributed by atoms with E-state index in [0.717, 1.165) is 30.5 Å². The molecule has 2 aromatic carbocycles. The number of likely N-dealkylation sites (tertiary alicyclic amines) is 1. The van der Waals surface area contributed by atoms with Crippen LogP contribution in [0.1, 0.15) is 57.9 Å². The zero-order valence-corrected chi connectivity index (χ0v) is 19.5. The number of fused-ring (bicyclic) bond motifs is 6.